The van der Waals surface area contributed by atoms with Gasteiger partial charge in [-0.25, -0.2) is 0 Å². The molecule has 0 atom stereocenters. The number of hydrogen-bond acceptors (Lipinski definition) is 2. The second-order valence-corrected chi connectivity index (χ2v) is 3.54. The summed E-state index contributed by atoms with van der Waals surface area (Å²) in [4.78, 5) is 11.0. The Bertz CT molecular complexity index is 216. The van der Waals surface area contributed by atoms with E-state index in [9.17, 15) is 4.79 Å². The SMILES string of the molecule is C=C(C)CCCC(=C)CC(=O)OCC. The van der Waals surface area contributed by atoms with Crippen LogP contribution in [-0.2, 0) is 9.53 Å². The van der Waals surface area contributed by atoms with E-state index in [4.69, 9.17) is 4.74 Å². The van der Waals surface area contributed by atoms with Gasteiger partial charge in [-0.3, -0.25) is 4.79 Å². The maximum Gasteiger partial charge on any atom is 0.309 e. The van der Waals surface area contributed by atoms with Gasteiger partial charge in [0.15, 0.2) is 0 Å². The van der Waals surface area contributed by atoms with E-state index < -0.39 is 0 Å². The molecule has 0 aromatic heterocycles. The molecule has 0 amide bonds. The molecule has 0 aromatic rings. The summed E-state index contributed by atoms with van der Waals surface area (Å²) in [6.45, 7) is 11.9. The molecule has 0 N–H and O–H groups in total. The number of allylic oxidation sites excluding steroid dienone is 1. The summed E-state index contributed by atoms with van der Waals surface area (Å²) in [5, 5.41) is 0. The predicted octanol–water partition coefficient (Wildman–Crippen LogP) is 3.24. The first-order valence-corrected chi connectivity index (χ1v) is 5.03. The number of carbonyl (C=O) groups is 1. The number of hydrogen-bond donors (Lipinski definition) is 0. The summed E-state index contributed by atoms with van der Waals surface area (Å²) in [6.07, 6.45) is 3.26. The summed E-state index contributed by atoms with van der Waals surface area (Å²) < 4.78 is 4.82. The molecule has 0 heterocycles. The molecular weight excluding hydrogens is 176 g/mol. The van der Waals surface area contributed by atoms with E-state index in [0.717, 1.165) is 24.8 Å². The largest absolute Gasteiger partial charge is 0.466 e. The van der Waals surface area contributed by atoms with E-state index in [-0.39, 0.29) is 5.97 Å². The van der Waals surface area contributed by atoms with Crippen LogP contribution in [-0.4, -0.2) is 12.6 Å². The highest BCUT2D eigenvalue weighted by Gasteiger charge is 2.04. The quantitative estimate of drug-likeness (QED) is 0.461. The molecule has 80 valence electrons. The van der Waals surface area contributed by atoms with E-state index in [1.54, 1.807) is 0 Å². The maximum absolute atomic E-state index is 11.0. The molecule has 0 aliphatic heterocycles. The van der Waals surface area contributed by atoms with Gasteiger partial charge in [0.05, 0.1) is 13.0 Å². The molecule has 0 rings (SSSR count). The standard InChI is InChI=1S/C12H20O2/c1-5-14-12(13)9-11(4)8-6-7-10(2)3/h2,4-9H2,1,3H3. The van der Waals surface area contributed by atoms with Gasteiger partial charge in [0.25, 0.3) is 0 Å². The van der Waals surface area contributed by atoms with Gasteiger partial charge in [-0.2, -0.15) is 0 Å². The third-order valence-electron chi connectivity index (χ3n) is 1.83. The smallest absolute Gasteiger partial charge is 0.309 e. The van der Waals surface area contributed by atoms with Crippen molar-refractivity contribution in [3.8, 4) is 0 Å². The zero-order valence-electron chi connectivity index (χ0n) is 9.27. The van der Waals surface area contributed by atoms with Crippen LogP contribution >= 0.6 is 0 Å². The lowest BCUT2D eigenvalue weighted by Crippen LogP contribution is -2.04. The highest BCUT2D eigenvalue weighted by atomic mass is 16.5. The first-order valence-electron chi connectivity index (χ1n) is 5.03. The zero-order valence-corrected chi connectivity index (χ0v) is 9.27. The lowest BCUT2D eigenvalue weighted by Gasteiger charge is -2.05. The van der Waals surface area contributed by atoms with E-state index >= 15 is 0 Å². The number of ether oxygens (including phenoxy) is 1. The molecule has 0 fully saturated rings. The minimum Gasteiger partial charge on any atom is -0.466 e. The average molecular weight is 196 g/mol. The molecule has 2 nitrogen and oxygen atoms in total. The van der Waals surface area contributed by atoms with Gasteiger partial charge in [-0.05, 0) is 33.1 Å². The molecule has 2 heteroatoms. The van der Waals surface area contributed by atoms with Crippen molar-refractivity contribution in [1.29, 1.82) is 0 Å². The predicted molar refractivity (Wildman–Crippen MR) is 59.1 cm³/mol. The lowest BCUT2D eigenvalue weighted by molar-refractivity contribution is -0.142. The second kappa shape index (κ2) is 7.36. The minimum atomic E-state index is -0.173. The Labute approximate surface area is 86.6 Å². The van der Waals surface area contributed by atoms with Gasteiger partial charge < -0.3 is 4.74 Å². The minimum absolute atomic E-state index is 0.173. The molecular formula is C12H20O2. The topological polar surface area (TPSA) is 26.3 Å². The summed E-state index contributed by atoms with van der Waals surface area (Å²) in [5.41, 5.74) is 2.12. The Kier molecular flexibility index (Phi) is 6.81. The maximum atomic E-state index is 11.0. The Morgan fingerprint density at radius 1 is 1.29 bits per heavy atom. The summed E-state index contributed by atoms with van der Waals surface area (Å²) in [6, 6.07) is 0. The van der Waals surface area contributed by atoms with Crippen LogP contribution in [0.4, 0.5) is 0 Å². The fraction of sp³-hybridized carbons (Fsp3) is 0.583. The van der Waals surface area contributed by atoms with Crippen molar-refractivity contribution < 1.29 is 9.53 Å². The van der Waals surface area contributed by atoms with Crippen LogP contribution in [0.3, 0.4) is 0 Å². The van der Waals surface area contributed by atoms with Crippen molar-refractivity contribution in [3.05, 3.63) is 24.3 Å². The van der Waals surface area contributed by atoms with E-state index in [2.05, 4.69) is 13.2 Å². The average Bonchev–Trinajstić information content (AvgIpc) is 2.03. The molecule has 0 spiro atoms. The third-order valence-corrected chi connectivity index (χ3v) is 1.83. The summed E-state index contributed by atoms with van der Waals surface area (Å²) in [7, 11) is 0. The van der Waals surface area contributed by atoms with E-state index in [1.807, 2.05) is 13.8 Å². The highest BCUT2D eigenvalue weighted by Crippen LogP contribution is 2.12. The Morgan fingerprint density at radius 2 is 1.93 bits per heavy atom. The molecule has 0 aliphatic rings. The van der Waals surface area contributed by atoms with Crippen molar-refractivity contribution in [2.45, 2.75) is 39.5 Å². The number of rotatable bonds is 7. The van der Waals surface area contributed by atoms with Crippen molar-refractivity contribution in [3.63, 3.8) is 0 Å². The monoisotopic (exact) mass is 196 g/mol. The molecule has 14 heavy (non-hydrogen) atoms. The van der Waals surface area contributed by atoms with Crippen LogP contribution in [0.25, 0.3) is 0 Å². The van der Waals surface area contributed by atoms with Crippen LogP contribution < -0.4 is 0 Å². The number of carbonyl (C=O) groups excluding carboxylic acids is 1. The van der Waals surface area contributed by atoms with E-state index in [0.29, 0.717) is 13.0 Å². The summed E-state index contributed by atoms with van der Waals surface area (Å²) in [5.74, 6) is -0.173. The van der Waals surface area contributed by atoms with Crippen LogP contribution in [0, 0.1) is 0 Å². The molecule has 0 aliphatic carbocycles. The summed E-state index contributed by atoms with van der Waals surface area (Å²) >= 11 is 0. The second-order valence-electron chi connectivity index (χ2n) is 3.54. The van der Waals surface area contributed by atoms with Crippen molar-refractivity contribution in [1.82, 2.24) is 0 Å². The van der Waals surface area contributed by atoms with Crippen LogP contribution in [0.1, 0.15) is 39.5 Å². The van der Waals surface area contributed by atoms with Gasteiger partial charge in [-0.1, -0.05) is 17.7 Å². The molecule has 0 bridgehead atoms. The fourth-order valence-electron chi connectivity index (χ4n) is 1.14. The molecule has 0 radical (unpaired) electrons. The fourth-order valence-corrected chi connectivity index (χ4v) is 1.14. The molecule has 0 unspecified atom stereocenters. The normalized spacial score (nSPS) is 9.57. The molecule has 0 saturated heterocycles. The van der Waals surface area contributed by atoms with Crippen molar-refractivity contribution in [2.24, 2.45) is 0 Å². The Hall–Kier alpha value is -1.05. The molecule has 0 aromatic carbocycles. The first kappa shape index (κ1) is 12.9. The zero-order chi connectivity index (χ0) is 11.0. The van der Waals surface area contributed by atoms with Gasteiger partial charge in [0.2, 0.25) is 0 Å². The van der Waals surface area contributed by atoms with Crippen LogP contribution in [0.2, 0.25) is 0 Å². The van der Waals surface area contributed by atoms with Crippen LogP contribution in [0.15, 0.2) is 24.3 Å². The highest BCUT2D eigenvalue weighted by molar-refractivity contribution is 5.72. The molecule has 0 saturated carbocycles. The van der Waals surface area contributed by atoms with Gasteiger partial charge in [0.1, 0.15) is 0 Å². The van der Waals surface area contributed by atoms with Crippen molar-refractivity contribution >= 4 is 5.97 Å². The van der Waals surface area contributed by atoms with Crippen LogP contribution in [0.5, 0.6) is 0 Å². The first-order chi connectivity index (χ1) is 6.56. The van der Waals surface area contributed by atoms with E-state index in [1.165, 1.54) is 5.57 Å². The van der Waals surface area contributed by atoms with Crippen molar-refractivity contribution in [2.75, 3.05) is 6.61 Å². The Morgan fingerprint density at radius 3 is 2.43 bits per heavy atom. The third kappa shape index (κ3) is 7.59. The van der Waals surface area contributed by atoms with Gasteiger partial charge in [0, 0.05) is 0 Å². The number of esters is 1. The lowest BCUT2D eigenvalue weighted by atomic mass is 10.1. The Balaban J connectivity index is 3.55. The van der Waals surface area contributed by atoms with Gasteiger partial charge >= 0.3 is 5.97 Å². The van der Waals surface area contributed by atoms with Gasteiger partial charge in [-0.15, -0.1) is 6.58 Å².